The Labute approximate surface area is 185 Å². The highest BCUT2D eigenvalue weighted by molar-refractivity contribution is 6.10. The van der Waals surface area contributed by atoms with Crippen LogP contribution in [0.25, 0.3) is 0 Å². The maximum absolute atomic E-state index is 12.8. The lowest BCUT2D eigenvalue weighted by atomic mass is 10.0. The average molecular weight is 432 g/mol. The van der Waals surface area contributed by atoms with Gasteiger partial charge in [-0.15, -0.1) is 0 Å². The number of amides is 2. The van der Waals surface area contributed by atoms with Crippen molar-refractivity contribution in [1.82, 2.24) is 0 Å². The Morgan fingerprint density at radius 3 is 1.94 bits per heavy atom. The highest BCUT2D eigenvalue weighted by Gasteiger charge is 2.34. The van der Waals surface area contributed by atoms with Crippen LogP contribution in [0.5, 0.6) is 0 Å². The molecule has 3 aromatic rings. The van der Waals surface area contributed by atoms with Crippen LogP contribution >= 0.6 is 0 Å². The van der Waals surface area contributed by atoms with Gasteiger partial charge in [0.1, 0.15) is 6.10 Å². The van der Waals surface area contributed by atoms with E-state index in [-0.39, 0.29) is 18.4 Å². The third-order valence-corrected chi connectivity index (χ3v) is 5.39. The van der Waals surface area contributed by atoms with Crippen molar-refractivity contribution in [2.75, 3.05) is 17.2 Å². The molecule has 7 heteroatoms. The van der Waals surface area contributed by atoms with Crippen molar-refractivity contribution in [2.24, 2.45) is 0 Å². The van der Waals surface area contributed by atoms with E-state index in [9.17, 15) is 19.8 Å². The molecule has 0 aromatic heterocycles. The van der Waals surface area contributed by atoms with Gasteiger partial charge in [-0.25, -0.2) is 0 Å². The smallest absolute Gasteiger partial charge is 0.255 e. The standard InChI is InChI=1S/C25H24N2O5/c28-15-23-21(29)14-22(32-23)18-11-12-19(26-24(30)16-7-3-1-4-8-16)20(13-18)27-25(31)17-9-5-2-6-10-17/h1-13,21-23,28-29H,14-15H2,(H,26,30)(H,27,31)/t21-,22+,23+/m0/s1. The Kier molecular flexibility index (Phi) is 6.61. The minimum Gasteiger partial charge on any atom is -0.394 e. The highest BCUT2D eigenvalue weighted by atomic mass is 16.5. The maximum Gasteiger partial charge on any atom is 0.255 e. The van der Waals surface area contributed by atoms with Crippen LogP contribution in [0.4, 0.5) is 11.4 Å². The van der Waals surface area contributed by atoms with Crippen LogP contribution in [-0.2, 0) is 4.74 Å². The second kappa shape index (κ2) is 9.74. The first kappa shape index (κ1) is 21.7. The Morgan fingerprint density at radius 1 is 0.844 bits per heavy atom. The van der Waals surface area contributed by atoms with Crippen LogP contribution in [0.15, 0.2) is 78.9 Å². The number of anilines is 2. The molecule has 4 N–H and O–H groups in total. The second-order valence-electron chi connectivity index (χ2n) is 7.59. The molecule has 1 aliphatic heterocycles. The summed E-state index contributed by atoms with van der Waals surface area (Å²) in [6.45, 7) is -0.277. The number of nitrogens with one attached hydrogen (secondary N) is 2. The fraction of sp³-hybridized carbons (Fsp3) is 0.200. The van der Waals surface area contributed by atoms with Crippen molar-refractivity contribution in [3.8, 4) is 0 Å². The molecule has 32 heavy (non-hydrogen) atoms. The quantitative estimate of drug-likeness (QED) is 0.478. The van der Waals surface area contributed by atoms with E-state index in [1.165, 1.54) is 0 Å². The summed E-state index contributed by atoms with van der Waals surface area (Å²) in [7, 11) is 0. The molecule has 1 heterocycles. The average Bonchev–Trinajstić information content (AvgIpc) is 3.21. The van der Waals surface area contributed by atoms with E-state index in [4.69, 9.17) is 4.74 Å². The van der Waals surface area contributed by atoms with Crippen LogP contribution in [0, 0.1) is 0 Å². The molecule has 0 aliphatic carbocycles. The zero-order valence-corrected chi connectivity index (χ0v) is 17.3. The molecule has 0 radical (unpaired) electrons. The van der Waals surface area contributed by atoms with Gasteiger partial charge in [0.25, 0.3) is 11.8 Å². The van der Waals surface area contributed by atoms with Gasteiger partial charge < -0.3 is 25.6 Å². The molecule has 2 amide bonds. The van der Waals surface area contributed by atoms with Gasteiger partial charge in [0, 0.05) is 17.5 Å². The van der Waals surface area contributed by atoms with Crippen LogP contribution in [0.2, 0.25) is 0 Å². The SMILES string of the molecule is O=C(Nc1ccc([C@H]2C[C@H](O)[C@@H](CO)O2)cc1NC(=O)c1ccccc1)c1ccccc1. The third kappa shape index (κ3) is 4.86. The van der Waals surface area contributed by atoms with Gasteiger partial charge in [-0.3, -0.25) is 9.59 Å². The normalized spacial score (nSPS) is 20.0. The zero-order chi connectivity index (χ0) is 22.5. The summed E-state index contributed by atoms with van der Waals surface area (Å²) in [6, 6.07) is 22.7. The predicted molar refractivity (Wildman–Crippen MR) is 121 cm³/mol. The van der Waals surface area contributed by atoms with Crippen molar-refractivity contribution < 1.29 is 24.5 Å². The summed E-state index contributed by atoms with van der Waals surface area (Å²) in [5.41, 5.74) is 2.53. The number of benzene rings is 3. The molecule has 164 valence electrons. The van der Waals surface area contributed by atoms with E-state index in [1.807, 2.05) is 12.1 Å². The van der Waals surface area contributed by atoms with E-state index >= 15 is 0 Å². The van der Waals surface area contributed by atoms with Gasteiger partial charge in [0.2, 0.25) is 0 Å². The first-order valence-electron chi connectivity index (χ1n) is 10.4. The van der Waals surface area contributed by atoms with E-state index < -0.39 is 18.3 Å². The summed E-state index contributed by atoms with van der Waals surface area (Å²) in [5.74, 6) is -0.625. The highest BCUT2D eigenvalue weighted by Crippen LogP contribution is 2.36. The number of aliphatic hydroxyl groups excluding tert-OH is 2. The predicted octanol–water partition coefficient (Wildman–Crippen LogP) is 3.37. The van der Waals surface area contributed by atoms with Crippen molar-refractivity contribution in [3.05, 3.63) is 95.6 Å². The molecular weight excluding hydrogens is 408 g/mol. The molecule has 3 atom stereocenters. The van der Waals surface area contributed by atoms with Gasteiger partial charge in [-0.1, -0.05) is 42.5 Å². The van der Waals surface area contributed by atoms with Crippen LogP contribution in [0.1, 0.15) is 38.8 Å². The second-order valence-corrected chi connectivity index (χ2v) is 7.59. The third-order valence-electron chi connectivity index (χ3n) is 5.39. The molecule has 1 saturated heterocycles. The van der Waals surface area contributed by atoms with Gasteiger partial charge in [0.05, 0.1) is 30.2 Å². The number of rotatable bonds is 6. The number of carbonyl (C=O) groups is 2. The molecule has 0 saturated carbocycles. The number of carbonyl (C=O) groups excluding carboxylic acids is 2. The zero-order valence-electron chi connectivity index (χ0n) is 17.3. The number of hydrogen-bond acceptors (Lipinski definition) is 5. The Morgan fingerprint density at radius 2 is 1.41 bits per heavy atom. The summed E-state index contributed by atoms with van der Waals surface area (Å²) in [4.78, 5) is 25.5. The molecule has 4 rings (SSSR count). The first-order valence-corrected chi connectivity index (χ1v) is 10.4. The van der Waals surface area contributed by atoms with Gasteiger partial charge in [0.15, 0.2) is 0 Å². The van der Waals surface area contributed by atoms with Crippen LogP contribution < -0.4 is 10.6 Å². The van der Waals surface area contributed by atoms with Crippen molar-refractivity contribution in [3.63, 3.8) is 0 Å². The maximum atomic E-state index is 12.8. The van der Waals surface area contributed by atoms with Crippen molar-refractivity contribution >= 4 is 23.2 Å². The summed E-state index contributed by atoms with van der Waals surface area (Å²) < 4.78 is 5.74. The minimum absolute atomic E-state index is 0.277. The Bertz CT molecular complexity index is 1090. The van der Waals surface area contributed by atoms with Crippen molar-refractivity contribution in [1.29, 1.82) is 0 Å². The molecule has 7 nitrogen and oxygen atoms in total. The summed E-state index contributed by atoms with van der Waals surface area (Å²) >= 11 is 0. The van der Waals surface area contributed by atoms with Gasteiger partial charge >= 0.3 is 0 Å². The fourth-order valence-corrected chi connectivity index (χ4v) is 3.65. The fourth-order valence-electron chi connectivity index (χ4n) is 3.65. The summed E-state index contributed by atoms with van der Waals surface area (Å²) in [5, 5.41) is 25.1. The van der Waals surface area contributed by atoms with Gasteiger partial charge in [-0.2, -0.15) is 0 Å². The van der Waals surface area contributed by atoms with E-state index in [0.29, 0.717) is 28.9 Å². The molecule has 3 aromatic carbocycles. The van der Waals surface area contributed by atoms with Crippen LogP contribution in [0.3, 0.4) is 0 Å². The van der Waals surface area contributed by atoms with Crippen LogP contribution in [-0.4, -0.2) is 40.8 Å². The van der Waals surface area contributed by atoms with Gasteiger partial charge in [-0.05, 0) is 42.0 Å². The minimum atomic E-state index is -0.773. The lowest BCUT2D eigenvalue weighted by Gasteiger charge is -2.17. The van der Waals surface area contributed by atoms with E-state index in [1.54, 1.807) is 66.7 Å². The molecule has 0 spiro atoms. The molecule has 0 unspecified atom stereocenters. The van der Waals surface area contributed by atoms with E-state index in [0.717, 1.165) is 5.56 Å². The number of aliphatic hydroxyl groups is 2. The molecule has 0 bridgehead atoms. The largest absolute Gasteiger partial charge is 0.394 e. The molecular formula is C25H24N2O5. The Hall–Kier alpha value is -3.52. The van der Waals surface area contributed by atoms with E-state index in [2.05, 4.69) is 10.6 Å². The first-order chi connectivity index (χ1) is 15.5. The topological polar surface area (TPSA) is 108 Å². The Balaban J connectivity index is 1.62. The number of ether oxygens (including phenoxy) is 1. The monoisotopic (exact) mass is 432 g/mol. The number of hydrogen-bond donors (Lipinski definition) is 4. The molecule has 1 aliphatic rings. The molecule has 1 fully saturated rings. The van der Waals surface area contributed by atoms with Crippen molar-refractivity contribution in [2.45, 2.75) is 24.7 Å². The summed E-state index contributed by atoms with van der Waals surface area (Å²) in [6.07, 6.45) is -1.54. The lowest BCUT2D eigenvalue weighted by Crippen LogP contribution is -2.24. The lowest BCUT2D eigenvalue weighted by molar-refractivity contribution is -0.0225.